The van der Waals surface area contributed by atoms with Gasteiger partial charge in [-0.1, -0.05) is 24.6 Å². The fourth-order valence-corrected chi connectivity index (χ4v) is 4.07. The summed E-state index contributed by atoms with van der Waals surface area (Å²) in [7, 11) is 0. The van der Waals surface area contributed by atoms with Gasteiger partial charge < -0.3 is 4.90 Å². The predicted octanol–water partition coefficient (Wildman–Crippen LogP) is 3.54. The van der Waals surface area contributed by atoms with E-state index >= 15 is 0 Å². The van der Waals surface area contributed by atoms with Gasteiger partial charge in [-0.15, -0.1) is 0 Å². The van der Waals surface area contributed by atoms with Crippen LogP contribution in [-0.2, 0) is 9.59 Å². The van der Waals surface area contributed by atoms with Crippen LogP contribution in [0, 0.1) is 16.0 Å². The minimum Gasteiger partial charge on any atom is -0.341 e. The number of amides is 3. The van der Waals surface area contributed by atoms with Gasteiger partial charge in [-0.05, 0) is 48.2 Å². The van der Waals surface area contributed by atoms with Crippen LogP contribution in [0.2, 0.25) is 5.02 Å². The first-order chi connectivity index (χ1) is 13.3. The highest BCUT2D eigenvalue weighted by Crippen LogP contribution is 2.34. The Morgan fingerprint density at radius 2 is 2.04 bits per heavy atom. The van der Waals surface area contributed by atoms with Crippen LogP contribution in [0.15, 0.2) is 23.1 Å². The van der Waals surface area contributed by atoms with Crippen molar-refractivity contribution in [3.8, 4) is 0 Å². The number of nitrogens with zero attached hydrogens (tertiary/aromatic N) is 3. The number of piperidine rings is 1. The van der Waals surface area contributed by atoms with Crippen molar-refractivity contribution in [2.45, 2.75) is 19.8 Å². The molecular weight excluding hydrogens is 406 g/mol. The van der Waals surface area contributed by atoms with Crippen molar-refractivity contribution in [1.29, 1.82) is 0 Å². The summed E-state index contributed by atoms with van der Waals surface area (Å²) in [5.74, 6) is -0.267. The summed E-state index contributed by atoms with van der Waals surface area (Å²) in [6.07, 6.45) is 3.20. The normalized spacial score (nSPS) is 19.6. The topological polar surface area (TPSA) is 101 Å². The maximum absolute atomic E-state index is 12.6. The minimum absolute atomic E-state index is 0.0169. The zero-order chi connectivity index (χ0) is 20.4. The average molecular weight is 424 g/mol. The first-order valence-electron chi connectivity index (χ1n) is 8.73. The fraction of sp³-hybridized carbons (Fsp3) is 0.389. The van der Waals surface area contributed by atoms with Crippen molar-refractivity contribution in [2.24, 2.45) is 5.92 Å². The Morgan fingerprint density at radius 3 is 2.68 bits per heavy atom. The summed E-state index contributed by atoms with van der Waals surface area (Å²) in [5.41, 5.74) is 0.0853. The SMILES string of the molecule is CC1CCN(C(=O)CN2C(=O)S/C(=C\c3ccc(Cl)c([N+](=O)[O-])c3)C2=O)CC1. The smallest absolute Gasteiger partial charge is 0.294 e. The summed E-state index contributed by atoms with van der Waals surface area (Å²) in [5, 5.41) is 10.4. The number of nitro benzene ring substituents is 1. The molecule has 2 saturated heterocycles. The molecule has 148 valence electrons. The Labute approximate surface area is 170 Å². The molecule has 10 heteroatoms. The van der Waals surface area contributed by atoms with Crippen LogP contribution in [0.5, 0.6) is 0 Å². The molecule has 0 unspecified atom stereocenters. The van der Waals surface area contributed by atoms with Gasteiger partial charge in [-0.3, -0.25) is 29.4 Å². The van der Waals surface area contributed by atoms with E-state index in [2.05, 4.69) is 6.92 Å². The van der Waals surface area contributed by atoms with Crippen molar-refractivity contribution in [2.75, 3.05) is 19.6 Å². The summed E-state index contributed by atoms with van der Waals surface area (Å²) in [6.45, 7) is 3.09. The monoisotopic (exact) mass is 423 g/mol. The summed E-state index contributed by atoms with van der Waals surface area (Å²) >= 11 is 6.49. The molecule has 2 heterocycles. The Balaban J connectivity index is 1.73. The van der Waals surface area contributed by atoms with Crippen LogP contribution in [-0.4, -0.2) is 51.4 Å². The molecule has 0 aromatic heterocycles. The molecule has 0 radical (unpaired) electrons. The van der Waals surface area contributed by atoms with E-state index in [1.807, 2.05) is 0 Å². The lowest BCUT2D eigenvalue weighted by Crippen LogP contribution is -2.45. The molecule has 0 bridgehead atoms. The van der Waals surface area contributed by atoms with Gasteiger partial charge in [0, 0.05) is 19.2 Å². The van der Waals surface area contributed by atoms with Gasteiger partial charge in [0.1, 0.15) is 11.6 Å². The van der Waals surface area contributed by atoms with E-state index in [4.69, 9.17) is 11.6 Å². The third kappa shape index (κ3) is 4.36. The standard InChI is InChI=1S/C18H18ClN3O5S/c1-11-4-6-20(7-5-11)16(23)10-21-17(24)15(28-18(21)25)9-12-2-3-13(19)14(8-12)22(26)27/h2-3,8-9,11H,4-7,10H2,1H3/b15-9-. The highest BCUT2D eigenvalue weighted by molar-refractivity contribution is 8.18. The number of thioether (sulfide) groups is 1. The summed E-state index contributed by atoms with van der Waals surface area (Å²) < 4.78 is 0. The third-order valence-corrected chi connectivity index (χ3v) is 5.99. The lowest BCUT2D eigenvalue weighted by atomic mass is 9.99. The number of benzene rings is 1. The number of carbonyl (C=O) groups is 3. The number of hydrogen-bond donors (Lipinski definition) is 0. The highest BCUT2D eigenvalue weighted by Gasteiger charge is 2.37. The minimum atomic E-state index is -0.621. The van der Waals surface area contributed by atoms with Crippen molar-refractivity contribution in [1.82, 2.24) is 9.80 Å². The zero-order valence-electron chi connectivity index (χ0n) is 15.1. The molecule has 0 atom stereocenters. The van der Waals surface area contributed by atoms with Gasteiger partial charge in [-0.2, -0.15) is 0 Å². The molecule has 2 aliphatic rings. The molecule has 0 aliphatic carbocycles. The predicted molar refractivity (Wildman–Crippen MR) is 106 cm³/mol. The first-order valence-corrected chi connectivity index (χ1v) is 9.93. The van der Waals surface area contributed by atoms with Gasteiger partial charge >= 0.3 is 0 Å². The Hall–Kier alpha value is -2.39. The second-order valence-corrected chi connectivity index (χ2v) is 8.20. The number of hydrogen-bond acceptors (Lipinski definition) is 6. The molecule has 0 N–H and O–H groups in total. The second kappa shape index (κ2) is 8.32. The number of nitro groups is 1. The second-order valence-electron chi connectivity index (χ2n) is 6.80. The highest BCUT2D eigenvalue weighted by atomic mass is 35.5. The van der Waals surface area contributed by atoms with E-state index in [1.54, 1.807) is 4.90 Å². The van der Waals surface area contributed by atoms with Crippen molar-refractivity contribution < 1.29 is 19.3 Å². The first kappa shape index (κ1) is 20.3. The van der Waals surface area contributed by atoms with Crippen LogP contribution >= 0.6 is 23.4 Å². The van der Waals surface area contributed by atoms with Gasteiger partial charge in [-0.25, -0.2) is 0 Å². The van der Waals surface area contributed by atoms with Crippen molar-refractivity contribution in [3.63, 3.8) is 0 Å². The number of carbonyl (C=O) groups excluding carboxylic acids is 3. The Bertz CT molecular complexity index is 880. The zero-order valence-corrected chi connectivity index (χ0v) is 16.7. The van der Waals surface area contributed by atoms with Crippen LogP contribution in [0.1, 0.15) is 25.3 Å². The van der Waals surface area contributed by atoms with Crippen LogP contribution in [0.3, 0.4) is 0 Å². The number of imide groups is 1. The van der Waals surface area contributed by atoms with E-state index in [0.29, 0.717) is 36.3 Å². The average Bonchev–Trinajstić information content (AvgIpc) is 2.91. The molecule has 1 aromatic rings. The molecule has 1 aromatic carbocycles. The van der Waals surface area contributed by atoms with Crippen LogP contribution < -0.4 is 0 Å². The summed E-state index contributed by atoms with van der Waals surface area (Å²) in [4.78, 5) is 50.3. The maximum atomic E-state index is 12.6. The van der Waals surface area contributed by atoms with Gasteiger partial charge in [0.05, 0.1) is 9.83 Å². The van der Waals surface area contributed by atoms with Crippen molar-refractivity contribution in [3.05, 3.63) is 43.8 Å². The molecule has 0 spiro atoms. The number of likely N-dealkylation sites (tertiary alicyclic amines) is 1. The largest absolute Gasteiger partial charge is 0.341 e. The molecular formula is C18H18ClN3O5S. The molecule has 2 fully saturated rings. The summed E-state index contributed by atoms with van der Waals surface area (Å²) in [6, 6.07) is 4.11. The van der Waals surface area contributed by atoms with E-state index in [9.17, 15) is 24.5 Å². The molecule has 3 amide bonds. The Kier molecular flexibility index (Phi) is 6.04. The van der Waals surface area contributed by atoms with Crippen molar-refractivity contribution >= 4 is 52.2 Å². The lowest BCUT2D eigenvalue weighted by Gasteiger charge is -2.31. The lowest BCUT2D eigenvalue weighted by molar-refractivity contribution is -0.384. The molecule has 2 aliphatic heterocycles. The molecule has 3 rings (SSSR count). The number of rotatable bonds is 4. The number of halogens is 1. The van der Waals surface area contributed by atoms with Gasteiger partial charge in [0.25, 0.3) is 16.8 Å². The Morgan fingerprint density at radius 1 is 1.36 bits per heavy atom. The van der Waals surface area contributed by atoms with Gasteiger partial charge in [0.2, 0.25) is 5.91 Å². The van der Waals surface area contributed by atoms with E-state index < -0.39 is 16.1 Å². The molecule has 0 saturated carbocycles. The van der Waals surface area contributed by atoms with Crippen LogP contribution in [0.4, 0.5) is 10.5 Å². The third-order valence-electron chi connectivity index (χ3n) is 4.77. The molecule has 28 heavy (non-hydrogen) atoms. The van der Waals surface area contributed by atoms with Gasteiger partial charge in [0.15, 0.2) is 0 Å². The maximum Gasteiger partial charge on any atom is 0.294 e. The van der Waals surface area contributed by atoms with E-state index in [1.165, 1.54) is 24.3 Å². The van der Waals surface area contributed by atoms with E-state index in [0.717, 1.165) is 17.7 Å². The van der Waals surface area contributed by atoms with E-state index in [-0.39, 0.29) is 28.1 Å². The quantitative estimate of drug-likeness (QED) is 0.417. The van der Waals surface area contributed by atoms with Crippen LogP contribution in [0.25, 0.3) is 6.08 Å². The fourth-order valence-electron chi connectivity index (χ4n) is 3.04. The molecule has 8 nitrogen and oxygen atoms in total.